The molecule has 0 bridgehead atoms. The van der Waals surface area contributed by atoms with Crippen molar-refractivity contribution in [1.29, 1.82) is 0 Å². The Morgan fingerprint density at radius 1 is 1.67 bits per heavy atom. The molecule has 0 saturated carbocycles. The smallest absolute Gasteiger partial charge is 0.0807 e. The maximum absolute atomic E-state index is 10.8. The first kappa shape index (κ1) is 7.61. The van der Waals surface area contributed by atoms with E-state index < -0.39 is 9.83 Å². The minimum absolute atomic E-state index is 0.557. The first-order valence-electron chi connectivity index (χ1n) is 3.25. The van der Waals surface area contributed by atoms with Crippen LogP contribution >= 0.6 is 10.8 Å². The lowest BCUT2D eigenvalue weighted by atomic mass is 10.1. The van der Waals surface area contributed by atoms with E-state index in [4.69, 9.17) is 0 Å². The van der Waals surface area contributed by atoms with Crippen molar-refractivity contribution in [3.05, 3.63) is 0 Å². The van der Waals surface area contributed by atoms with Crippen LogP contribution < -0.4 is 0 Å². The maximum atomic E-state index is 10.8. The zero-order valence-electron chi connectivity index (χ0n) is 5.79. The molecule has 0 aromatic rings. The fourth-order valence-corrected chi connectivity index (χ4v) is 4.65. The third-order valence-corrected chi connectivity index (χ3v) is 5.24. The fraction of sp³-hybridized carbons (Fsp3) is 1.00. The summed E-state index contributed by atoms with van der Waals surface area (Å²) in [4.78, 5) is 0. The van der Waals surface area contributed by atoms with E-state index in [9.17, 15) is 4.21 Å². The molecule has 54 valence electrons. The zero-order chi connectivity index (χ0) is 6.85. The number of hydrogen-bond acceptors (Lipinski definition) is 2. The molecule has 0 N–H and O–H groups in total. The molecular formula is C6H12OS2. The second-order valence-electron chi connectivity index (χ2n) is 2.68. The number of rotatable bonds is 1. The Balaban J connectivity index is 2.39. The third kappa shape index (κ3) is 1.97. The van der Waals surface area contributed by atoms with Gasteiger partial charge in [-0.25, -0.2) is 4.21 Å². The molecule has 0 aliphatic carbocycles. The topological polar surface area (TPSA) is 17.1 Å². The molecule has 2 atom stereocenters. The quantitative estimate of drug-likeness (QED) is 0.550. The van der Waals surface area contributed by atoms with Gasteiger partial charge in [-0.2, -0.15) is 0 Å². The average molecular weight is 164 g/mol. The summed E-state index contributed by atoms with van der Waals surface area (Å²) in [6.45, 7) is 4.39. The van der Waals surface area contributed by atoms with Gasteiger partial charge in [-0.1, -0.05) is 24.6 Å². The summed E-state index contributed by atoms with van der Waals surface area (Å²) in [7, 11) is 1.09. The molecule has 1 aliphatic heterocycles. The third-order valence-electron chi connectivity index (χ3n) is 1.54. The van der Waals surface area contributed by atoms with Crippen LogP contribution in [-0.4, -0.2) is 15.2 Å². The van der Waals surface area contributed by atoms with Crippen LogP contribution in [0.1, 0.15) is 20.3 Å². The molecule has 1 saturated heterocycles. The van der Waals surface area contributed by atoms with Crippen LogP contribution in [0.25, 0.3) is 0 Å². The van der Waals surface area contributed by atoms with Crippen molar-refractivity contribution >= 4 is 20.6 Å². The first-order chi connectivity index (χ1) is 4.20. The molecule has 1 aliphatic rings. The van der Waals surface area contributed by atoms with Crippen molar-refractivity contribution < 1.29 is 4.21 Å². The molecule has 0 spiro atoms. The van der Waals surface area contributed by atoms with E-state index >= 15 is 0 Å². The molecule has 0 radical (unpaired) electrons. The predicted molar refractivity (Wildman–Crippen MR) is 43.8 cm³/mol. The summed E-state index contributed by atoms with van der Waals surface area (Å²) < 4.78 is 10.8. The van der Waals surface area contributed by atoms with Crippen molar-refractivity contribution in [3.63, 3.8) is 0 Å². The van der Waals surface area contributed by atoms with Crippen LogP contribution in [0.5, 0.6) is 0 Å². The second kappa shape index (κ2) is 3.06. The molecule has 1 fully saturated rings. The van der Waals surface area contributed by atoms with Gasteiger partial charge in [0.05, 0.1) is 9.83 Å². The normalized spacial score (nSPS) is 35.9. The molecule has 0 aromatic heterocycles. The van der Waals surface area contributed by atoms with Gasteiger partial charge in [0.25, 0.3) is 0 Å². The number of hydrogen-bond donors (Lipinski definition) is 0. The van der Waals surface area contributed by atoms with Crippen molar-refractivity contribution in [1.82, 2.24) is 0 Å². The van der Waals surface area contributed by atoms with E-state index in [0.717, 1.165) is 12.2 Å². The Morgan fingerprint density at radius 3 is 2.56 bits per heavy atom. The van der Waals surface area contributed by atoms with Crippen molar-refractivity contribution in [2.75, 3.05) is 5.75 Å². The van der Waals surface area contributed by atoms with Crippen LogP contribution in [0.4, 0.5) is 0 Å². The van der Waals surface area contributed by atoms with Crippen LogP contribution in [0, 0.1) is 5.92 Å². The summed E-state index contributed by atoms with van der Waals surface area (Å²) in [5.41, 5.74) is 0. The Morgan fingerprint density at radius 2 is 2.33 bits per heavy atom. The standard InChI is InChI=1S/C6H12OS2/c1-5(2)6-3-4-9(7)8-6/h5-6H,3-4H2,1-2H3. The minimum atomic E-state index is -0.557. The molecule has 1 nitrogen and oxygen atoms in total. The largest absolute Gasteiger partial charge is 0.248 e. The summed E-state index contributed by atoms with van der Waals surface area (Å²) in [6, 6.07) is 0. The van der Waals surface area contributed by atoms with E-state index in [1.807, 2.05) is 0 Å². The monoisotopic (exact) mass is 164 g/mol. The van der Waals surface area contributed by atoms with Crippen molar-refractivity contribution in [2.45, 2.75) is 25.5 Å². The Labute approximate surface area is 62.5 Å². The van der Waals surface area contributed by atoms with Gasteiger partial charge in [-0.3, -0.25) is 0 Å². The van der Waals surface area contributed by atoms with Crippen LogP contribution in [0.3, 0.4) is 0 Å². The van der Waals surface area contributed by atoms with Gasteiger partial charge >= 0.3 is 0 Å². The summed E-state index contributed by atoms with van der Waals surface area (Å²) in [5, 5.41) is 0.658. The second-order valence-corrected chi connectivity index (χ2v) is 6.18. The summed E-state index contributed by atoms with van der Waals surface area (Å²) in [6.07, 6.45) is 1.15. The lowest BCUT2D eigenvalue weighted by Crippen LogP contribution is -2.05. The molecule has 0 amide bonds. The highest BCUT2D eigenvalue weighted by atomic mass is 33.1. The van der Waals surface area contributed by atoms with E-state index in [0.29, 0.717) is 11.2 Å². The van der Waals surface area contributed by atoms with Crippen molar-refractivity contribution in [2.24, 2.45) is 5.92 Å². The van der Waals surface area contributed by atoms with Gasteiger partial charge in [0.2, 0.25) is 0 Å². The van der Waals surface area contributed by atoms with Gasteiger partial charge < -0.3 is 0 Å². The Hall–Kier alpha value is 0.500. The van der Waals surface area contributed by atoms with Gasteiger partial charge in [0, 0.05) is 11.0 Å². The molecular weight excluding hydrogens is 152 g/mol. The maximum Gasteiger partial charge on any atom is 0.0807 e. The fourth-order valence-electron chi connectivity index (χ4n) is 0.891. The average Bonchev–Trinajstić information content (AvgIpc) is 2.14. The summed E-state index contributed by atoms with van der Waals surface area (Å²) in [5.74, 6) is 1.61. The van der Waals surface area contributed by atoms with Crippen LogP contribution in [-0.2, 0) is 9.83 Å². The lowest BCUT2D eigenvalue weighted by Gasteiger charge is -2.09. The van der Waals surface area contributed by atoms with E-state index in [1.165, 1.54) is 0 Å². The van der Waals surface area contributed by atoms with Gasteiger partial charge in [-0.05, 0) is 12.3 Å². The summed E-state index contributed by atoms with van der Waals surface area (Å²) >= 11 is 0. The first-order valence-corrected chi connectivity index (χ1v) is 5.97. The molecule has 1 rings (SSSR count). The molecule has 2 unspecified atom stereocenters. The van der Waals surface area contributed by atoms with E-state index in [1.54, 1.807) is 10.8 Å². The van der Waals surface area contributed by atoms with Gasteiger partial charge in [-0.15, -0.1) is 0 Å². The minimum Gasteiger partial charge on any atom is -0.248 e. The molecule has 9 heavy (non-hydrogen) atoms. The molecule has 1 heterocycles. The Bertz CT molecular complexity index is 122. The predicted octanol–water partition coefficient (Wildman–Crippen LogP) is 1.81. The highest BCUT2D eigenvalue weighted by Crippen LogP contribution is 2.32. The van der Waals surface area contributed by atoms with Crippen molar-refractivity contribution in [3.8, 4) is 0 Å². The highest BCUT2D eigenvalue weighted by molar-refractivity contribution is 8.69. The van der Waals surface area contributed by atoms with Crippen LogP contribution in [0.2, 0.25) is 0 Å². The zero-order valence-corrected chi connectivity index (χ0v) is 7.43. The Kier molecular flexibility index (Phi) is 2.59. The van der Waals surface area contributed by atoms with E-state index in [-0.39, 0.29) is 0 Å². The van der Waals surface area contributed by atoms with E-state index in [2.05, 4.69) is 13.8 Å². The van der Waals surface area contributed by atoms with Gasteiger partial charge in [0.1, 0.15) is 0 Å². The molecule has 0 aromatic carbocycles. The van der Waals surface area contributed by atoms with Crippen LogP contribution in [0.15, 0.2) is 0 Å². The SMILES string of the molecule is CC(C)C1CCS(=O)S1. The highest BCUT2D eigenvalue weighted by Gasteiger charge is 2.24. The van der Waals surface area contributed by atoms with Gasteiger partial charge in [0.15, 0.2) is 0 Å². The molecule has 3 heteroatoms. The lowest BCUT2D eigenvalue weighted by molar-refractivity contribution is 0.602.